The summed E-state index contributed by atoms with van der Waals surface area (Å²) in [7, 11) is 0. The maximum absolute atomic E-state index is 13.0. The fraction of sp³-hybridized carbons (Fsp3) is 0.214. The van der Waals surface area contributed by atoms with Crippen LogP contribution in [0.3, 0.4) is 0 Å². The lowest BCUT2D eigenvalue weighted by Gasteiger charge is -2.31. The van der Waals surface area contributed by atoms with Crippen molar-refractivity contribution in [2.24, 2.45) is 0 Å². The van der Waals surface area contributed by atoms with Gasteiger partial charge in [0, 0.05) is 16.8 Å². The number of benzene rings is 3. The SMILES string of the molecule is C=C1CCC(N2Cc3c(OCc4ccc(COc5ccccc5)cc4)cccc3C2=O)C(=O)N1. The van der Waals surface area contributed by atoms with Crippen LogP contribution in [0.25, 0.3) is 0 Å². The van der Waals surface area contributed by atoms with Crippen LogP contribution >= 0.6 is 0 Å². The van der Waals surface area contributed by atoms with Crippen LogP contribution in [0.1, 0.15) is 39.9 Å². The van der Waals surface area contributed by atoms with E-state index in [4.69, 9.17) is 9.47 Å². The zero-order valence-electron chi connectivity index (χ0n) is 18.8. The Kier molecular flexibility index (Phi) is 6.04. The number of hydrogen-bond acceptors (Lipinski definition) is 4. The summed E-state index contributed by atoms with van der Waals surface area (Å²) >= 11 is 0. The highest BCUT2D eigenvalue weighted by molar-refractivity contribution is 6.02. The lowest BCUT2D eigenvalue weighted by Crippen LogP contribution is -2.49. The molecule has 2 heterocycles. The van der Waals surface area contributed by atoms with Crippen molar-refractivity contribution in [2.75, 3.05) is 0 Å². The molecule has 2 aliphatic heterocycles. The summed E-state index contributed by atoms with van der Waals surface area (Å²) in [6.45, 7) is 5.06. The monoisotopic (exact) mass is 454 g/mol. The molecule has 2 aliphatic rings. The minimum Gasteiger partial charge on any atom is -0.489 e. The number of hydrogen-bond donors (Lipinski definition) is 1. The van der Waals surface area contributed by atoms with E-state index in [1.807, 2.05) is 66.7 Å². The lowest BCUT2D eigenvalue weighted by atomic mass is 10.0. The van der Waals surface area contributed by atoms with E-state index >= 15 is 0 Å². The third-order valence-corrected chi connectivity index (χ3v) is 6.22. The zero-order valence-corrected chi connectivity index (χ0v) is 18.8. The second kappa shape index (κ2) is 9.43. The molecule has 6 nitrogen and oxygen atoms in total. The predicted molar refractivity (Wildman–Crippen MR) is 128 cm³/mol. The molecule has 0 aromatic heterocycles. The highest BCUT2D eigenvalue weighted by Crippen LogP contribution is 2.34. The molecule has 0 saturated carbocycles. The van der Waals surface area contributed by atoms with Gasteiger partial charge in [0.1, 0.15) is 30.8 Å². The summed E-state index contributed by atoms with van der Waals surface area (Å²) in [6.07, 6.45) is 1.26. The van der Waals surface area contributed by atoms with E-state index < -0.39 is 6.04 Å². The van der Waals surface area contributed by atoms with Crippen LogP contribution in [0.4, 0.5) is 0 Å². The van der Waals surface area contributed by atoms with E-state index in [9.17, 15) is 9.59 Å². The number of piperidine rings is 1. The van der Waals surface area contributed by atoms with E-state index in [0.717, 1.165) is 22.4 Å². The third-order valence-electron chi connectivity index (χ3n) is 6.22. The molecule has 3 aromatic carbocycles. The molecule has 0 radical (unpaired) electrons. The van der Waals surface area contributed by atoms with Crippen LogP contribution in [0.15, 0.2) is 85.1 Å². The highest BCUT2D eigenvalue weighted by Gasteiger charge is 2.39. The molecule has 0 bridgehead atoms. The molecular weight excluding hydrogens is 428 g/mol. The number of carbonyl (C=O) groups is 2. The standard InChI is InChI=1S/C28H26N2O4/c1-19-10-15-25(27(31)29-19)30-16-24-23(28(30)32)8-5-9-26(24)34-18-21-13-11-20(12-14-21)17-33-22-6-3-2-4-7-22/h2-9,11-14,25H,1,10,15-18H2,(H,29,31). The first-order chi connectivity index (χ1) is 16.6. The van der Waals surface area contributed by atoms with E-state index in [-0.39, 0.29) is 11.8 Å². The number of para-hydroxylation sites is 1. The summed E-state index contributed by atoms with van der Waals surface area (Å²) in [4.78, 5) is 27.1. The van der Waals surface area contributed by atoms with E-state index in [0.29, 0.717) is 49.6 Å². The van der Waals surface area contributed by atoms with Gasteiger partial charge in [-0.3, -0.25) is 9.59 Å². The Balaban J connectivity index is 1.22. The fourth-order valence-electron chi connectivity index (χ4n) is 4.35. The number of ether oxygens (including phenoxy) is 2. The molecule has 3 aromatic rings. The van der Waals surface area contributed by atoms with E-state index in [2.05, 4.69) is 11.9 Å². The molecule has 0 aliphatic carbocycles. The van der Waals surface area contributed by atoms with Crippen LogP contribution in [-0.4, -0.2) is 22.8 Å². The second-order valence-corrected chi connectivity index (χ2v) is 8.57. The van der Waals surface area contributed by atoms with Crippen LogP contribution < -0.4 is 14.8 Å². The summed E-state index contributed by atoms with van der Waals surface area (Å²) in [5.41, 5.74) is 4.23. The smallest absolute Gasteiger partial charge is 0.255 e. The lowest BCUT2D eigenvalue weighted by molar-refractivity contribution is -0.126. The Morgan fingerprint density at radius 1 is 0.882 bits per heavy atom. The molecule has 1 saturated heterocycles. The summed E-state index contributed by atoms with van der Waals surface area (Å²) in [5, 5.41) is 2.77. The molecule has 0 spiro atoms. The van der Waals surface area contributed by atoms with Crippen molar-refractivity contribution < 1.29 is 19.1 Å². The van der Waals surface area contributed by atoms with Crippen molar-refractivity contribution in [1.82, 2.24) is 10.2 Å². The largest absolute Gasteiger partial charge is 0.489 e. The number of rotatable bonds is 7. The quantitative estimate of drug-likeness (QED) is 0.567. The van der Waals surface area contributed by atoms with Gasteiger partial charge < -0.3 is 19.7 Å². The number of nitrogens with one attached hydrogen (secondary N) is 1. The summed E-state index contributed by atoms with van der Waals surface area (Å²) in [6, 6.07) is 22.8. The van der Waals surface area contributed by atoms with E-state index in [1.54, 1.807) is 11.0 Å². The first kappa shape index (κ1) is 21.8. The van der Waals surface area contributed by atoms with Crippen molar-refractivity contribution in [2.45, 2.75) is 38.6 Å². The minimum atomic E-state index is -0.483. The number of nitrogens with zero attached hydrogens (tertiary/aromatic N) is 1. The maximum Gasteiger partial charge on any atom is 0.255 e. The summed E-state index contributed by atoms with van der Waals surface area (Å²) in [5.74, 6) is 1.21. The van der Waals surface area contributed by atoms with Gasteiger partial charge in [0.25, 0.3) is 5.91 Å². The van der Waals surface area contributed by atoms with Crippen LogP contribution in [-0.2, 0) is 24.6 Å². The average molecular weight is 455 g/mol. The molecule has 5 rings (SSSR count). The Morgan fingerprint density at radius 2 is 1.59 bits per heavy atom. The van der Waals surface area contributed by atoms with Gasteiger partial charge in [-0.1, -0.05) is 55.1 Å². The second-order valence-electron chi connectivity index (χ2n) is 8.57. The normalized spacial score (nSPS) is 17.4. The predicted octanol–water partition coefficient (Wildman–Crippen LogP) is 4.59. The third kappa shape index (κ3) is 4.53. The van der Waals surface area contributed by atoms with Crippen molar-refractivity contribution >= 4 is 11.8 Å². The van der Waals surface area contributed by atoms with Gasteiger partial charge in [-0.15, -0.1) is 0 Å². The van der Waals surface area contributed by atoms with Gasteiger partial charge in [-0.05, 0) is 48.2 Å². The Labute approximate surface area is 198 Å². The minimum absolute atomic E-state index is 0.129. The Bertz CT molecular complexity index is 1220. The van der Waals surface area contributed by atoms with Gasteiger partial charge in [0.15, 0.2) is 0 Å². The van der Waals surface area contributed by atoms with Gasteiger partial charge in [0.2, 0.25) is 5.91 Å². The molecule has 2 amide bonds. The number of allylic oxidation sites excluding steroid dienone is 1. The topological polar surface area (TPSA) is 67.9 Å². The Morgan fingerprint density at radius 3 is 2.29 bits per heavy atom. The molecule has 34 heavy (non-hydrogen) atoms. The van der Waals surface area contributed by atoms with Crippen molar-refractivity contribution in [3.63, 3.8) is 0 Å². The molecule has 1 N–H and O–H groups in total. The zero-order chi connectivity index (χ0) is 23.5. The van der Waals surface area contributed by atoms with Gasteiger partial charge >= 0.3 is 0 Å². The maximum atomic E-state index is 13.0. The first-order valence-corrected chi connectivity index (χ1v) is 11.4. The van der Waals surface area contributed by atoms with Crippen molar-refractivity contribution in [3.8, 4) is 11.5 Å². The van der Waals surface area contributed by atoms with Gasteiger partial charge in [0.05, 0.1) is 6.54 Å². The van der Waals surface area contributed by atoms with Gasteiger partial charge in [-0.25, -0.2) is 0 Å². The number of carbonyl (C=O) groups excluding carboxylic acids is 2. The van der Waals surface area contributed by atoms with Crippen LogP contribution in [0.5, 0.6) is 11.5 Å². The molecule has 1 unspecified atom stereocenters. The molecule has 1 fully saturated rings. The van der Waals surface area contributed by atoms with E-state index in [1.165, 1.54) is 0 Å². The first-order valence-electron chi connectivity index (χ1n) is 11.4. The Hall–Kier alpha value is -4.06. The van der Waals surface area contributed by atoms with Crippen molar-refractivity contribution in [1.29, 1.82) is 0 Å². The molecular formula is C28H26N2O4. The summed E-state index contributed by atoms with van der Waals surface area (Å²) < 4.78 is 11.9. The molecule has 1 atom stereocenters. The fourth-order valence-corrected chi connectivity index (χ4v) is 4.35. The average Bonchev–Trinajstić information content (AvgIpc) is 3.19. The van der Waals surface area contributed by atoms with Gasteiger partial charge in [-0.2, -0.15) is 0 Å². The van der Waals surface area contributed by atoms with Crippen molar-refractivity contribution in [3.05, 3.63) is 107 Å². The van der Waals surface area contributed by atoms with Crippen LogP contribution in [0.2, 0.25) is 0 Å². The molecule has 172 valence electrons. The van der Waals surface area contributed by atoms with Crippen LogP contribution in [0, 0.1) is 0 Å². The number of amides is 2. The highest BCUT2D eigenvalue weighted by atomic mass is 16.5. The number of fused-ring (bicyclic) bond motifs is 1. The molecule has 6 heteroatoms.